The van der Waals surface area contributed by atoms with Crippen molar-refractivity contribution in [2.75, 3.05) is 32.7 Å². The van der Waals surface area contributed by atoms with E-state index in [4.69, 9.17) is 36.0 Å². The van der Waals surface area contributed by atoms with Gasteiger partial charge in [-0.2, -0.15) is 0 Å². The van der Waals surface area contributed by atoms with E-state index in [1.807, 2.05) is 30.3 Å². The predicted octanol–water partition coefficient (Wildman–Crippen LogP) is 5.45. The summed E-state index contributed by atoms with van der Waals surface area (Å²) in [6.07, 6.45) is 0.390. The second-order valence-electron chi connectivity index (χ2n) is 10.3. The minimum atomic E-state index is -0.734. The zero-order chi connectivity index (χ0) is 32.6. The maximum Gasteiger partial charge on any atom is 0.255 e. The standard InChI is InChI=1S/C35H32ClN3O7/c1-43-30-20-29-31(33(32(30)44-2)45-16-15-38-35(42)26(37)17-21-7-4-3-5-8-21)27(40)19-28(46-29)22-9-6-10-23(18-22)34(41)39-25-13-11-24(36)12-14-25/h3-14,18-20,26H,15-17,37H2,1-2H3,(H,38,42)(H,39,41)/t26-/m0/s1. The number of hydrogen-bond donors (Lipinski definition) is 3. The van der Waals surface area contributed by atoms with Crippen LogP contribution in [0, 0.1) is 0 Å². The van der Waals surface area contributed by atoms with Crippen molar-refractivity contribution in [3.05, 3.63) is 117 Å². The number of nitrogens with two attached hydrogens (primary N) is 1. The number of fused-ring (bicyclic) bond motifs is 1. The van der Waals surface area contributed by atoms with Gasteiger partial charge in [0.1, 0.15) is 23.3 Å². The molecule has 1 heterocycles. The fourth-order valence-electron chi connectivity index (χ4n) is 4.84. The highest BCUT2D eigenvalue weighted by molar-refractivity contribution is 6.30. The van der Waals surface area contributed by atoms with Crippen LogP contribution in [0.1, 0.15) is 15.9 Å². The van der Waals surface area contributed by atoms with Crippen LogP contribution in [0.3, 0.4) is 0 Å². The van der Waals surface area contributed by atoms with Crippen LogP contribution in [0.4, 0.5) is 5.69 Å². The van der Waals surface area contributed by atoms with E-state index in [-0.39, 0.29) is 58.9 Å². The van der Waals surface area contributed by atoms with Gasteiger partial charge in [-0.1, -0.05) is 54.1 Å². The summed E-state index contributed by atoms with van der Waals surface area (Å²) in [7, 11) is 2.88. The average molecular weight is 642 g/mol. The Morgan fingerprint density at radius 3 is 2.39 bits per heavy atom. The summed E-state index contributed by atoms with van der Waals surface area (Å²) in [4.78, 5) is 39.0. The van der Waals surface area contributed by atoms with Crippen LogP contribution < -0.4 is 36.0 Å². The third kappa shape index (κ3) is 7.48. The van der Waals surface area contributed by atoms with Crippen molar-refractivity contribution in [3.8, 4) is 28.6 Å². The molecule has 0 bridgehead atoms. The highest BCUT2D eigenvalue weighted by Crippen LogP contribution is 2.43. The molecule has 0 fully saturated rings. The number of hydrogen-bond acceptors (Lipinski definition) is 8. The fourth-order valence-corrected chi connectivity index (χ4v) is 4.97. The number of methoxy groups -OCH3 is 2. The highest BCUT2D eigenvalue weighted by atomic mass is 35.5. The van der Waals surface area contributed by atoms with E-state index >= 15 is 0 Å². The fraction of sp³-hybridized carbons (Fsp3) is 0.171. The number of carbonyl (C=O) groups is 2. The first-order valence-electron chi connectivity index (χ1n) is 14.4. The molecule has 1 aromatic heterocycles. The van der Waals surface area contributed by atoms with Crippen molar-refractivity contribution in [2.24, 2.45) is 5.73 Å². The number of anilines is 1. The molecule has 0 saturated carbocycles. The molecule has 1 atom stereocenters. The van der Waals surface area contributed by atoms with Crippen molar-refractivity contribution < 1.29 is 28.2 Å². The van der Waals surface area contributed by atoms with Crippen molar-refractivity contribution >= 4 is 40.1 Å². The molecule has 0 spiro atoms. The van der Waals surface area contributed by atoms with Gasteiger partial charge in [0.15, 0.2) is 16.9 Å². The topological polar surface area (TPSA) is 142 Å². The van der Waals surface area contributed by atoms with E-state index in [1.165, 1.54) is 26.4 Å². The van der Waals surface area contributed by atoms with Gasteiger partial charge in [-0.05, 0) is 48.4 Å². The Balaban J connectivity index is 1.36. The molecule has 2 amide bonds. The molecule has 46 heavy (non-hydrogen) atoms. The molecule has 0 saturated heterocycles. The Kier molecular flexibility index (Phi) is 10.2. The zero-order valence-electron chi connectivity index (χ0n) is 25.2. The van der Waals surface area contributed by atoms with E-state index in [9.17, 15) is 14.4 Å². The van der Waals surface area contributed by atoms with Gasteiger partial charge in [-0.3, -0.25) is 14.4 Å². The quantitative estimate of drug-likeness (QED) is 0.153. The van der Waals surface area contributed by atoms with Crippen molar-refractivity contribution in [3.63, 3.8) is 0 Å². The first-order chi connectivity index (χ1) is 22.3. The van der Waals surface area contributed by atoms with Crippen molar-refractivity contribution in [1.29, 1.82) is 0 Å². The molecule has 0 aliphatic rings. The molecule has 0 unspecified atom stereocenters. The van der Waals surface area contributed by atoms with Crippen LogP contribution in [-0.4, -0.2) is 45.2 Å². The third-order valence-corrected chi connectivity index (χ3v) is 7.36. The average Bonchev–Trinajstić information content (AvgIpc) is 3.07. The lowest BCUT2D eigenvalue weighted by Crippen LogP contribution is -2.43. The van der Waals surface area contributed by atoms with Gasteiger partial charge in [0.25, 0.3) is 5.91 Å². The molecular weight excluding hydrogens is 610 g/mol. The van der Waals surface area contributed by atoms with Gasteiger partial charge >= 0.3 is 0 Å². The summed E-state index contributed by atoms with van der Waals surface area (Å²) in [5, 5.41) is 6.27. The molecule has 11 heteroatoms. The largest absolute Gasteiger partial charge is 0.493 e. The lowest BCUT2D eigenvalue weighted by Gasteiger charge is -2.17. The SMILES string of the molecule is COc1cc2oc(-c3cccc(C(=O)Nc4ccc(Cl)cc4)c3)cc(=O)c2c(OCCNC(=O)[C@@H](N)Cc2ccccc2)c1OC. The summed E-state index contributed by atoms with van der Waals surface area (Å²) >= 11 is 5.94. The molecule has 0 aliphatic heterocycles. The number of carbonyl (C=O) groups excluding carboxylic acids is 2. The summed E-state index contributed by atoms with van der Waals surface area (Å²) < 4.78 is 23.2. The normalized spacial score (nSPS) is 11.5. The van der Waals surface area contributed by atoms with E-state index < -0.39 is 11.5 Å². The second kappa shape index (κ2) is 14.6. The van der Waals surface area contributed by atoms with Gasteiger partial charge in [0.2, 0.25) is 11.7 Å². The molecule has 4 aromatic carbocycles. The van der Waals surface area contributed by atoms with E-state index in [1.54, 1.807) is 48.5 Å². The van der Waals surface area contributed by atoms with Gasteiger partial charge in [-0.15, -0.1) is 0 Å². The highest BCUT2D eigenvalue weighted by Gasteiger charge is 2.22. The van der Waals surface area contributed by atoms with Gasteiger partial charge in [0, 0.05) is 34.0 Å². The Morgan fingerprint density at radius 2 is 1.67 bits per heavy atom. The number of halogens is 1. The van der Waals surface area contributed by atoms with Crippen LogP contribution in [0.5, 0.6) is 17.2 Å². The maximum absolute atomic E-state index is 13.5. The summed E-state index contributed by atoms with van der Waals surface area (Å²) in [5.74, 6) is 0.136. The Bertz CT molecular complexity index is 1910. The van der Waals surface area contributed by atoms with Crippen molar-refractivity contribution in [2.45, 2.75) is 12.5 Å². The molecule has 5 aromatic rings. The molecule has 10 nitrogen and oxygen atoms in total. The number of benzene rings is 4. The van der Waals surface area contributed by atoms with Crippen LogP contribution in [0.15, 0.2) is 100 Å². The molecule has 5 rings (SSSR count). The summed E-state index contributed by atoms with van der Waals surface area (Å²) in [6.45, 7) is 0.131. The first kappa shape index (κ1) is 32.1. The maximum atomic E-state index is 13.5. The van der Waals surface area contributed by atoms with Crippen LogP contribution >= 0.6 is 11.6 Å². The summed E-state index contributed by atoms with van der Waals surface area (Å²) in [5.41, 5.74) is 8.26. The minimum absolute atomic E-state index is 0.00833. The van der Waals surface area contributed by atoms with Crippen molar-refractivity contribution in [1.82, 2.24) is 5.32 Å². The summed E-state index contributed by atoms with van der Waals surface area (Å²) in [6, 6.07) is 25.1. The number of ether oxygens (including phenoxy) is 3. The second-order valence-corrected chi connectivity index (χ2v) is 10.7. The number of nitrogens with one attached hydrogen (secondary N) is 2. The molecule has 236 valence electrons. The smallest absolute Gasteiger partial charge is 0.255 e. The van der Waals surface area contributed by atoms with Gasteiger partial charge in [-0.25, -0.2) is 0 Å². The number of amides is 2. The monoisotopic (exact) mass is 641 g/mol. The lowest BCUT2D eigenvalue weighted by molar-refractivity contribution is -0.122. The van der Waals surface area contributed by atoms with E-state index in [0.29, 0.717) is 28.3 Å². The first-order valence-corrected chi connectivity index (χ1v) is 14.8. The molecular formula is C35H32ClN3O7. The zero-order valence-corrected chi connectivity index (χ0v) is 25.9. The lowest BCUT2D eigenvalue weighted by atomic mass is 10.1. The minimum Gasteiger partial charge on any atom is -0.493 e. The Morgan fingerprint density at radius 1 is 0.913 bits per heavy atom. The third-order valence-electron chi connectivity index (χ3n) is 7.11. The number of rotatable bonds is 12. The molecule has 0 aliphatic carbocycles. The molecule has 4 N–H and O–H groups in total. The molecule has 0 radical (unpaired) electrons. The van der Waals surface area contributed by atoms with Crippen LogP contribution in [0.25, 0.3) is 22.3 Å². The van der Waals surface area contributed by atoms with Gasteiger partial charge in [0.05, 0.1) is 26.8 Å². The predicted molar refractivity (Wildman–Crippen MR) is 177 cm³/mol. The van der Waals surface area contributed by atoms with Crippen LogP contribution in [0.2, 0.25) is 5.02 Å². The van der Waals surface area contributed by atoms with E-state index in [0.717, 1.165) is 5.56 Å². The van der Waals surface area contributed by atoms with Crippen LogP contribution in [-0.2, 0) is 11.2 Å². The van der Waals surface area contributed by atoms with Gasteiger partial charge < -0.3 is 35.0 Å². The Hall–Kier alpha value is -5.32. The van der Waals surface area contributed by atoms with E-state index in [2.05, 4.69) is 10.6 Å². The Labute approximate surface area is 270 Å².